The summed E-state index contributed by atoms with van der Waals surface area (Å²) in [4.78, 5) is 11.8. The van der Waals surface area contributed by atoms with Crippen LogP contribution >= 0.6 is 12.4 Å². The summed E-state index contributed by atoms with van der Waals surface area (Å²) in [7, 11) is 0. The van der Waals surface area contributed by atoms with Crippen molar-refractivity contribution in [2.45, 2.75) is 31.7 Å². The third-order valence-electron chi connectivity index (χ3n) is 3.73. The second-order valence-corrected chi connectivity index (χ2v) is 5.13. The number of halogens is 2. The summed E-state index contributed by atoms with van der Waals surface area (Å²) in [6.07, 6.45) is 3.40. The van der Waals surface area contributed by atoms with Gasteiger partial charge in [-0.05, 0) is 37.4 Å². The van der Waals surface area contributed by atoms with Crippen LogP contribution in [0.1, 0.15) is 25.7 Å². The molecule has 118 valence electrons. The highest BCUT2D eigenvalue weighted by Gasteiger charge is 2.27. The Morgan fingerprint density at radius 2 is 2.14 bits per heavy atom. The predicted molar refractivity (Wildman–Crippen MR) is 82.1 cm³/mol. The maximum Gasteiger partial charge on any atom is 0.223 e. The van der Waals surface area contributed by atoms with Crippen LogP contribution < -0.4 is 15.8 Å². The Labute approximate surface area is 130 Å². The number of rotatable bonds is 6. The number of para-hydroxylation sites is 1. The summed E-state index contributed by atoms with van der Waals surface area (Å²) in [5.41, 5.74) is 5.68. The number of carbonyl (C=O) groups excluding carboxylic acids is 1. The van der Waals surface area contributed by atoms with Crippen LogP contribution in [0.15, 0.2) is 24.3 Å². The van der Waals surface area contributed by atoms with E-state index in [-0.39, 0.29) is 43.1 Å². The van der Waals surface area contributed by atoms with Gasteiger partial charge in [0, 0.05) is 6.04 Å². The molecule has 2 rings (SSSR count). The average molecular weight is 317 g/mol. The Balaban J connectivity index is 0.00000220. The van der Waals surface area contributed by atoms with Gasteiger partial charge in [0.15, 0.2) is 11.6 Å². The minimum Gasteiger partial charge on any atom is -0.490 e. The van der Waals surface area contributed by atoms with Gasteiger partial charge in [-0.15, -0.1) is 12.4 Å². The number of nitrogens with two attached hydrogens (primary N) is 1. The van der Waals surface area contributed by atoms with Crippen molar-refractivity contribution in [1.82, 2.24) is 5.32 Å². The molecule has 1 aliphatic rings. The lowest BCUT2D eigenvalue weighted by Gasteiger charge is -2.19. The molecule has 1 aromatic carbocycles. The zero-order valence-corrected chi connectivity index (χ0v) is 12.7. The first-order chi connectivity index (χ1) is 9.70. The summed E-state index contributed by atoms with van der Waals surface area (Å²) < 4.78 is 18.6. The number of amides is 1. The van der Waals surface area contributed by atoms with Crippen LogP contribution in [0.25, 0.3) is 0 Å². The lowest BCUT2D eigenvalue weighted by molar-refractivity contribution is -0.122. The fourth-order valence-electron chi connectivity index (χ4n) is 2.60. The molecule has 3 N–H and O–H groups in total. The van der Waals surface area contributed by atoms with Gasteiger partial charge in [0.25, 0.3) is 0 Å². The molecule has 0 radical (unpaired) electrons. The number of carbonyl (C=O) groups is 1. The monoisotopic (exact) mass is 316 g/mol. The predicted octanol–water partition coefficient (Wildman–Crippen LogP) is 2.26. The van der Waals surface area contributed by atoms with E-state index in [2.05, 4.69) is 5.32 Å². The summed E-state index contributed by atoms with van der Waals surface area (Å²) in [6.45, 7) is 0.781. The molecule has 0 spiro atoms. The van der Waals surface area contributed by atoms with Crippen LogP contribution in [0.5, 0.6) is 5.75 Å². The first-order valence-electron chi connectivity index (χ1n) is 7.07. The maximum absolute atomic E-state index is 13.3. The van der Waals surface area contributed by atoms with Crippen molar-refractivity contribution in [2.24, 2.45) is 11.7 Å². The topological polar surface area (TPSA) is 64.3 Å². The molecule has 1 aliphatic carbocycles. The lowest BCUT2D eigenvalue weighted by atomic mass is 10.0. The van der Waals surface area contributed by atoms with Crippen LogP contribution in [0.4, 0.5) is 4.39 Å². The Hall–Kier alpha value is -1.33. The van der Waals surface area contributed by atoms with Crippen molar-refractivity contribution in [3.05, 3.63) is 30.1 Å². The number of hydrogen-bond acceptors (Lipinski definition) is 3. The number of ether oxygens (including phenoxy) is 1. The van der Waals surface area contributed by atoms with E-state index in [0.29, 0.717) is 12.5 Å². The van der Waals surface area contributed by atoms with Gasteiger partial charge in [-0.1, -0.05) is 18.6 Å². The zero-order chi connectivity index (χ0) is 14.4. The molecule has 4 nitrogen and oxygen atoms in total. The van der Waals surface area contributed by atoms with Crippen LogP contribution in [0.3, 0.4) is 0 Å². The van der Waals surface area contributed by atoms with Crippen molar-refractivity contribution < 1.29 is 13.9 Å². The highest BCUT2D eigenvalue weighted by molar-refractivity contribution is 5.85. The van der Waals surface area contributed by atoms with E-state index in [0.717, 1.165) is 19.3 Å². The Kier molecular flexibility index (Phi) is 7.47. The maximum atomic E-state index is 13.3. The van der Waals surface area contributed by atoms with E-state index >= 15 is 0 Å². The quantitative estimate of drug-likeness (QED) is 0.846. The van der Waals surface area contributed by atoms with Gasteiger partial charge in [0.05, 0.1) is 13.0 Å². The van der Waals surface area contributed by atoms with E-state index in [4.69, 9.17) is 10.5 Å². The highest BCUT2D eigenvalue weighted by atomic mass is 35.5. The van der Waals surface area contributed by atoms with Gasteiger partial charge < -0.3 is 15.8 Å². The van der Waals surface area contributed by atoms with E-state index in [1.165, 1.54) is 6.07 Å². The summed E-state index contributed by atoms with van der Waals surface area (Å²) in [5, 5.41) is 2.99. The second kappa shape index (κ2) is 8.85. The standard InChI is InChI=1S/C15H21FN2O2.ClH/c16-12-5-1-2-7-14(12)20-9-8-15(19)18-13-6-3-4-11(13)10-17;/h1-2,5,7,11,13H,3-4,6,8-10,17H2,(H,18,19);1H. The Bertz CT molecular complexity index is 459. The molecule has 6 heteroatoms. The van der Waals surface area contributed by atoms with Crippen LogP contribution in [-0.4, -0.2) is 25.1 Å². The third kappa shape index (κ3) is 5.17. The first kappa shape index (κ1) is 17.7. The third-order valence-corrected chi connectivity index (χ3v) is 3.73. The second-order valence-electron chi connectivity index (χ2n) is 5.13. The molecule has 0 heterocycles. The average Bonchev–Trinajstić information content (AvgIpc) is 2.88. The molecule has 2 unspecified atom stereocenters. The molecule has 2 atom stereocenters. The van der Waals surface area contributed by atoms with Crippen LogP contribution in [-0.2, 0) is 4.79 Å². The summed E-state index contributed by atoms with van der Waals surface area (Å²) in [5.74, 6) is 0.0889. The van der Waals surface area contributed by atoms with Gasteiger partial charge in [-0.2, -0.15) is 0 Å². The zero-order valence-electron chi connectivity index (χ0n) is 11.9. The Morgan fingerprint density at radius 3 is 2.86 bits per heavy atom. The van der Waals surface area contributed by atoms with Gasteiger partial charge in [-0.25, -0.2) is 4.39 Å². The fourth-order valence-corrected chi connectivity index (χ4v) is 2.60. The molecule has 1 saturated carbocycles. The van der Waals surface area contributed by atoms with Crippen molar-refractivity contribution >= 4 is 18.3 Å². The van der Waals surface area contributed by atoms with Crippen LogP contribution in [0, 0.1) is 11.7 Å². The van der Waals surface area contributed by atoms with Crippen molar-refractivity contribution in [1.29, 1.82) is 0 Å². The van der Waals surface area contributed by atoms with Crippen molar-refractivity contribution in [3.8, 4) is 5.75 Å². The SMILES string of the molecule is Cl.NCC1CCCC1NC(=O)CCOc1ccccc1F. The number of nitrogens with one attached hydrogen (secondary N) is 1. The van der Waals surface area contributed by atoms with Gasteiger partial charge in [-0.3, -0.25) is 4.79 Å². The van der Waals surface area contributed by atoms with Crippen LogP contribution in [0.2, 0.25) is 0 Å². The highest BCUT2D eigenvalue weighted by Crippen LogP contribution is 2.24. The minimum absolute atomic E-state index is 0. The molecule has 1 fully saturated rings. The van der Waals surface area contributed by atoms with Crippen molar-refractivity contribution in [3.63, 3.8) is 0 Å². The fraction of sp³-hybridized carbons (Fsp3) is 0.533. The smallest absolute Gasteiger partial charge is 0.223 e. The summed E-state index contributed by atoms with van der Waals surface area (Å²) >= 11 is 0. The largest absolute Gasteiger partial charge is 0.490 e. The molecule has 1 aromatic rings. The van der Waals surface area contributed by atoms with E-state index < -0.39 is 5.82 Å². The molecular weight excluding hydrogens is 295 g/mol. The number of hydrogen-bond donors (Lipinski definition) is 2. The van der Waals surface area contributed by atoms with Gasteiger partial charge in [0.2, 0.25) is 5.91 Å². The lowest BCUT2D eigenvalue weighted by Crippen LogP contribution is -2.40. The van der Waals surface area contributed by atoms with Crippen molar-refractivity contribution in [2.75, 3.05) is 13.2 Å². The van der Waals surface area contributed by atoms with Gasteiger partial charge >= 0.3 is 0 Å². The summed E-state index contributed by atoms with van der Waals surface area (Å²) in [6, 6.07) is 6.36. The Morgan fingerprint density at radius 1 is 1.38 bits per heavy atom. The van der Waals surface area contributed by atoms with E-state index in [9.17, 15) is 9.18 Å². The molecule has 0 saturated heterocycles. The molecule has 0 aliphatic heterocycles. The minimum atomic E-state index is -0.410. The molecule has 21 heavy (non-hydrogen) atoms. The molecule has 0 bridgehead atoms. The molecular formula is C15H22ClFN2O2. The van der Waals surface area contributed by atoms with E-state index in [1.807, 2.05) is 0 Å². The molecule has 1 amide bonds. The molecule has 0 aromatic heterocycles. The van der Waals surface area contributed by atoms with Gasteiger partial charge in [0.1, 0.15) is 0 Å². The normalized spacial score (nSPS) is 20.7. The first-order valence-corrected chi connectivity index (χ1v) is 7.07. The number of benzene rings is 1. The van der Waals surface area contributed by atoms with E-state index in [1.54, 1.807) is 18.2 Å².